The van der Waals surface area contributed by atoms with Crippen molar-refractivity contribution in [3.05, 3.63) is 35.4 Å². The van der Waals surface area contributed by atoms with E-state index >= 15 is 0 Å². The molecule has 0 aromatic heterocycles. The van der Waals surface area contributed by atoms with E-state index in [4.69, 9.17) is 0 Å². The summed E-state index contributed by atoms with van der Waals surface area (Å²) in [4.78, 5) is 25.4. The molecule has 0 heterocycles. The third-order valence-electron chi connectivity index (χ3n) is 3.53. The molecule has 0 bridgehead atoms. The Kier molecular flexibility index (Phi) is 7.51. The maximum absolute atomic E-state index is 12.1. The lowest BCUT2D eigenvalue weighted by Crippen LogP contribution is -2.38. The van der Waals surface area contributed by atoms with Crippen molar-refractivity contribution in [2.75, 3.05) is 19.6 Å². The van der Waals surface area contributed by atoms with Gasteiger partial charge < -0.3 is 10.2 Å². The zero-order valence-electron chi connectivity index (χ0n) is 13.3. The van der Waals surface area contributed by atoms with Gasteiger partial charge in [0.25, 0.3) is 5.91 Å². The van der Waals surface area contributed by atoms with Crippen molar-refractivity contribution in [1.82, 2.24) is 10.2 Å². The first-order chi connectivity index (χ1) is 10.1. The summed E-state index contributed by atoms with van der Waals surface area (Å²) in [5, 5.41) is 2.88. The number of rotatable bonds is 8. The van der Waals surface area contributed by atoms with Crippen molar-refractivity contribution in [3.63, 3.8) is 0 Å². The van der Waals surface area contributed by atoms with Gasteiger partial charge in [0, 0.05) is 32.1 Å². The molecule has 4 heteroatoms. The minimum atomic E-state index is -0.0786. The minimum absolute atomic E-state index is 0.0660. The Balaban J connectivity index is 2.41. The largest absolute Gasteiger partial charge is 0.350 e. The van der Waals surface area contributed by atoms with Crippen LogP contribution in [0.15, 0.2) is 24.3 Å². The molecule has 1 N–H and O–H groups in total. The first-order valence-electron chi connectivity index (χ1n) is 7.65. The van der Waals surface area contributed by atoms with E-state index in [1.54, 1.807) is 11.8 Å². The summed E-state index contributed by atoms with van der Waals surface area (Å²) < 4.78 is 0. The van der Waals surface area contributed by atoms with E-state index in [2.05, 4.69) is 12.2 Å². The lowest BCUT2D eigenvalue weighted by molar-refractivity contribution is -0.128. The zero-order valence-corrected chi connectivity index (χ0v) is 13.3. The Morgan fingerprint density at radius 3 is 2.48 bits per heavy atom. The Bertz CT molecular complexity index is 472. The lowest BCUT2D eigenvalue weighted by Gasteiger charge is -2.21. The molecule has 0 saturated heterocycles. The number of carbonyl (C=O) groups is 2. The van der Waals surface area contributed by atoms with Crippen molar-refractivity contribution >= 4 is 11.8 Å². The topological polar surface area (TPSA) is 49.4 Å². The van der Waals surface area contributed by atoms with Gasteiger partial charge >= 0.3 is 0 Å². The number of benzene rings is 1. The molecule has 0 fully saturated rings. The molecule has 1 aromatic rings. The molecule has 2 amide bonds. The molecule has 0 radical (unpaired) electrons. The monoisotopic (exact) mass is 290 g/mol. The third-order valence-corrected chi connectivity index (χ3v) is 3.53. The molecule has 4 nitrogen and oxygen atoms in total. The Hall–Kier alpha value is -1.84. The van der Waals surface area contributed by atoms with Crippen molar-refractivity contribution < 1.29 is 9.59 Å². The fourth-order valence-electron chi connectivity index (χ4n) is 2.21. The number of hydrogen-bond donors (Lipinski definition) is 1. The molecule has 21 heavy (non-hydrogen) atoms. The second kappa shape index (κ2) is 9.16. The lowest BCUT2D eigenvalue weighted by atomic mass is 10.1. The maximum Gasteiger partial charge on any atom is 0.251 e. The number of unbranched alkanes of at least 4 members (excludes halogenated alkanes) is 2. The Morgan fingerprint density at radius 2 is 1.86 bits per heavy atom. The molecule has 0 unspecified atom stereocenters. The zero-order chi connectivity index (χ0) is 15.7. The second-order valence-corrected chi connectivity index (χ2v) is 5.28. The number of hydrogen-bond acceptors (Lipinski definition) is 2. The van der Waals surface area contributed by atoms with Gasteiger partial charge in [-0.25, -0.2) is 0 Å². The molecule has 0 aliphatic heterocycles. The standard InChI is InChI=1S/C17H26N2O2/c1-4-5-8-12-19(15(3)20)13-11-18-17(21)16-10-7-6-9-14(16)2/h6-7,9-10H,4-5,8,11-13H2,1-3H3,(H,18,21). The maximum atomic E-state index is 12.1. The van der Waals surface area contributed by atoms with Crippen LogP contribution in [-0.2, 0) is 4.79 Å². The van der Waals surface area contributed by atoms with Crippen LogP contribution in [0.1, 0.15) is 49.0 Å². The number of nitrogens with one attached hydrogen (secondary N) is 1. The summed E-state index contributed by atoms with van der Waals surface area (Å²) in [6, 6.07) is 7.50. The molecule has 0 saturated carbocycles. The molecular weight excluding hydrogens is 264 g/mol. The van der Waals surface area contributed by atoms with Crippen LogP contribution in [-0.4, -0.2) is 36.3 Å². The summed E-state index contributed by atoms with van der Waals surface area (Å²) in [6.45, 7) is 7.45. The summed E-state index contributed by atoms with van der Waals surface area (Å²) in [5.41, 5.74) is 1.65. The van der Waals surface area contributed by atoms with Gasteiger partial charge in [0.15, 0.2) is 0 Å². The molecule has 0 spiro atoms. The Morgan fingerprint density at radius 1 is 1.14 bits per heavy atom. The van der Waals surface area contributed by atoms with Gasteiger partial charge in [-0.1, -0.05) is 38.0 Å². The van der Waals surface area contributed by atoms with E-state index in [0.717, 1.165) is 31.4 Å². The second-order valence-electron chi connectivity index (χ2n) is 5.28. The summed E-state index contributed by atoms with van der Waals surface area (Å²) in [5.74, 6) is -0.0126. The van der Waals surface area contributed by atoms with Gasteiger partial charge in [-0.2, -0.15) is 0 Å². The highest BCUT2D eigenvalue weighted by Gasteiger charge is 2.10. The number of nitrogens with zero attached hydrogens (tertiary/aromatic N) is 1. The number of aryl methyl sites for hydroxylation is 1. The van der Waals surface area contributed by atoms with Crippen LogP contribution in [0.2, 0.25) is 0 Å². The van der Waals surface area contributed by atoms with Crippen LogP contribution in [0.3, 0.4) is 0 Å². The molecular formula is C17H26N2O2. The predicted octanol–water partition coefficient (Wildman–Crippen LogP) is 2.76. The van der Waals surface area contributed by atoms with E-state index in [-0.39, 0.29) is 11.8 Å². The summed E-state index contributed by atoms with van der Waals surface area (Å²) >= 11 is 0. The molecule has 116 valence electrons. The average Bonchev–Trinajstić information content (AvgIpc) is 2.45. The van der Waals surface area contributed by atoms with E-state index in [1.165, 1.54) is 0 Å². The van der Waals surface area contributed by atoms with Gasteiger partial charge in [0.05, 0.1) is 0 Å². The first kappa shape index (κ1) is 17.2. The summed E-state index contributed by atoms with van der Waals surface area (Å²) in [6.07, 6.45) is 3.27. The van der Waals surface area contributed by atoms with Crippen molar-refractivity contribution in [2.45, 2.75) is 40.0 Å². The minimum Gasteiger partial charge on any atom is -0.350 e. The highest BCUT2D eigenvalue weighted by molar-refractivity contribution is 5.95. The fourth-order valence-corrected chi connectivity index (χ4v) is 2.21. The number of amides is 2. The van der Waals surface area contributed by atoms with E-state index in [9.17, 15) is 9.59 Å². The first-order valence-corrected chi connectivity index (χ1v) is 7.65. The van der Waals surface area contributed by atoms with Gasteiger partial charge in [-0.3, -0.25) is 9.59 Å². The van der Waals surface area contributed by atoms with E-state index < -0.39 is 0 Å². The van der Waals surface area contributed by atoms with Crippen LogP contribution in [0.4, 0.5) is 0 Å². The summed E-state index contributed by atoms with van der Waals surface area (Å²) in [7, 11) is 0. The van der Waals surface area contributed by atoms with Crippen LogP contribution in [0.25, 0.3) is 0 Å². The van der Waals surface area contributed by atoms with Crippen molar-refractivity contribution in [1.29, 1.82) is 0 Å². The fraction of sp³-hybridized carbons (Fsp3) is 0.529. The van der Waals surface area contributed by atoms with Gasteiger partial charge in [0.1, 0.15) is 0 Å². The SMILES string of the molecule is CCCCCN(CCNC(=O)c1ccccc1C)C(C)=O. The molecule has 1 rings (SSSR count). The van der Waals surface area contributed by atoms with Crippen molar-refractivity contribution in [2.24, 2.45) is 0 Å². The van der Waals surface area contributed by atoms with Gasteiger partial charge in [0.2, 0.25) is 5.91 Å². The Labute approximate surface area is 127 Å². The normalized spacial score (nSPS) is 10.2. The van der Waals surface area contributed by atoms with E-state index in [1.807, 2.05) is 31.2 Å². The molecule has 0 atom stereocenters. The van der Waals surface area contributed by atoms with Crippen molar-refractivity contribution in [3.8, 4) is 0 Å². The highest BCUT2D eigenvalue weighted by Crippen LogP contribution is 2.06. The van der Waals surface area contributed by atoms with Gasteiger partial charge in [-0.05, 0) is 25.0 Å². The van der Waals surface area contributed by atoms with Gasteiger partial charge in [-0.15, -0.1) is 0 Å². The van der Waals surface area contributed by atoms with E-state index in [0.29, 0.717) is 18.7 Å². The molecule has 1 aromatic carbocycles. The predicted molar refractivity (Wildman–Crippen MR) is 85.3 cm³/mol. The molecule has 0 aliphatic rings. The van der Waals surface area contributed by atoms with Crippen LogP contribution >= 0.6 is 0 Å². The highest BCUT2D eigenvalue weighted by atomic mass is 16.2. The van der Waals surface area contributed by atoms with Crippen LogP contribution in [0.5, 0.6) is 0 Å². The van der Waals surface area contributed by atoms with Crippen LogP contribution in [0, 0.1) is 6.92 Å². The average molecular weight is 290 g/mol. The molecule has 0 aliphatic carbocycles. The number of carbonyl (C=O) groups excluding carboxylic acids is 2. The third kappa shape index (κ3) is 5.98. The smallest absolute Gasteiger partial charge is 0.251 e. The van der Waals surface area contributed by atoms with Crippen LogP contribution < -0.4 is 5.32 Å². The quantitative estimate of drug-likeness (QED) is 0.748.